The molecule has 1 saturated carbocycles. The molecule has 3 N–H and O–H groups in total. The van der Waals surface area contributed by atoms with E-state index in [0.717, 1.165) is 19.3 Å². The third kappa shape index (κ3) is 1.26. The van der Waals surface area contributed by atoms with Gasteiger partial charge in [-0.3, -0.25) is 0 Å². The van der Waals surface area contributed by atoms with Crippen LogP contribution in [0.3, 0.4) is 0 Å². The summed E-state index contributed by atoms with van der Waals surface area (Å²) in [6.07, 6.45) is 3.29. The molecule has 1 aliphatic heterocycles. The summed E-state index contributed by atoms with van der Waals surface area (Å²) in [5, 5.41) is 9.58. The quantitative estimate of drug-likeness (QED) is 0.449. The van der Waals surface area contributed by atoms with Gasteiger partial charge in [-0.2, -0.15) is 0 Å². The van der Waals surface area contributed by atoms with Crippen molar-refractivity contribution in [3.63, 3.8) is 0 Å². The fourth-order valence-corrected chi connectivity index (χ4v) is 2.18. The minimum absolute atomic E-state index is 0.127. The maximum atomic E-state index is 9.58. The molecule has 0 spiro atoms. The molecule has 0 aromatic rings. The van der Waals surface area contributed by atoms with E-state index in [2.05, 4.69) is 6.92 Å². The van der Waals surface area contributed by atoms with Gasteiger partial charge in [-0.25, -0.2) is 0 Å². The van der Waals surface area contributed by atoms with Gasteiger partial charge in [0.15, 0.2) is 0 Å². The first kappa shape index (κ1) is 8.48. The van der Waals surface area contributed by atoms with Gasteiger partial charge in [0.05, 0.1) is 11.7 Å². The number of fused-ring (bicyclic) bond motifs is 1. The largest absolute Gasteiger partial charge is 0.376 e. The van der Waals surface area contributed by atoms with E-state index in [1.54, 1.807) is 6.92 Å². The average Bonchev–Trinajstić information content (AvgIpc) is 2.56. The molecule has 2 fully saturated rings. The Labute approximate surface area is 72.9 Å². The Kier molecular flexibility index (Phi) is 1.57. The van der Waals surface area contributed by atoms with E-state index >= 15 is 0 Å². The van der Waals surface area contributed by atoms with Crippen LogP contribution in [0.15, 0.2) is 0 Å². The zero-order valence-corrected chi connectivity index (χ0v) is 7.71. The van der Waals surface area contributed by atoms with Gasteiger partial charge in [-0.15, -0.1) is 0 Å². The SMILES string of the molecule is CC(N)(O)[C@H]1CC[C@@]2(C)OC2C1. The summed E-state index contributed by atoms with van der Waals surface area (Å²) in [5.41, 5.74) is 4.74. The number of hydrogen-bond acceptors (Lipinski definition) is 3. The first-order chi connectivity index (χ1) is 5.42. The van der Waals surface area contributed by atoms with Crippen LogP contribution in [-0.4, -0.2) is 22.5 Å². The van der Waals surface area contributed by atoms with Crippen LogP contribution in [0, 0.1) is 5.92 Å². The predicted octanol–water partition coefficient (Wildman–Crippen LogP) is 0.611. The van der Waals surface area contributed by atoms with Crippen LogP contribution in [0.2, 0.25) is 0 Å². The molecular formula is C9H17NO2. The molecule has 1 heterocycles. The van der Waals surface area contributed by atoms with E-state index in [-0.39, 0.29) is 11.5 Å². The molecule has 2 unspecified atom stereocenters. The Morgan fingerprint density at radius 3 is 2.83 bits per heavy atom. The highest BCUT2D eigenvalue weighted by molar-refractivity contribution is 5.05. The van der Waals surface area contributed by atoms with Crippen molar-refractivity contribution in [3.05, 3.63) is 0 Å². The molecule has 3 heteroatoms. The van der Waals surface area contributed by atoms with Gasteiger partial charge in [0.2, 0.25) is 0 Å². The molecule has 0 aromatic carbocycles. The van der Waals surface area contributed by atoms with Crippen molar-refractivity contribution >= 4 is 0 Å². The normalized spacial score (nSPS) is 51.0. The van der Waals surface area contributed by atoms with Crippen molar-refractivity contribution in [2.75, 3.05) is 0 Å². The summed E-state index contributed by atoms with van der Waals surface area (Å²) >= 11 is 0. The molecule has 3 nitrogen and oxygen atoms in total. The molecule has 2 rings (SSSR count). The molecule has 4 atom stereocenters. The molecule has 70 valence electrons. The van der Waals surface area contributed by atoms with Crippen LogP contribution in [0.5, 0.6) is 0 Å². The second-order valence-corrected chi connectivity index (χ2v) is 4.62. The number of hydrogen-bond donors (Lipinski definition) is 2. The first-order valence-corrected chi connectivity index (χ1v) is 4.61. The highest BCUT2D eigenvalue weighted by atomic mass is 16.6. The lowest BCUT2D eigenvalue weighted by Crippen LogP contribution is -2.46. The Morgan fingerprint density at radius 2 is 2.33 bits per heavy atom. The van der Waals surface area contributed by atoms with Crippen LogP contribution >= 0.6 is 0 Å². The maximum Gasteiger partial charge on any atom is 0.113 e. The molecule has 2 aliphatic rings. The van der Waals surface area contributed by atoms with Gasteiger partial charge in [0, 0.05) is 5.92 Å². The minimum atomic E-state index is -1.02. The lowest BCUT2D eigenvalue weighted by molar-refractivity contribution is -0.00961. The van der Waals surface area contributed by atoms with Crippen molar-refractivity contribution in [3.8, 4) is 0 Å². The summed E-state index contributed by atoms with van der Waals surface area (Å²) in [6, 6.07) is 0. The Balaban J connectivity index is 1.98. The zero-order valence-electron chi connectivity index (χ0n) is 7.71. The van der Waals surface area contributed by atoms with E-state index in [0.29, 0.717) is 6.10 Å². The molecular weight excluding hydrogens is 154 g/mol. The molecule has 0 aromatic heterocycles. The zero-order chi connectivity index (χ0) is 8.98. The molecule has 0 radical (unpaired) electrons. The average molecular weight is 171 g/mol. The van der Waals surface area contributed by atoms with Gasteiger partial charge >= 0.3 is 0 Å². The van der Waals surface area contributed by atoms with E-state index in [9.17, 15) is 5.11 Å². The third-order valence-electron chi connectivity index (χ3n) is 3.35. The number of rotatable bonds is 1. The van der Waals surface area contributed by atoms with Gasteiger partial charge in [-0.1, -0.05) is 0 Å². The monoisotopic (exact) mass is 171 g/mol. The van der Waals surface area contributed by atoms with Gasteiger partial charge in [0.1, 0.15) is 5.72 Å². The summed E-state index contributed by atoms with van der Waals surface area (Å²) in [5.74, 6) is 0.207. The van der Waals surface area contributed by atoms with E-state index in [4.69, 9.17) is 10.5 Å². The summed E-state index contributed by atoms with van der Waals surface area (Å²) in [6.45, 7) is 3.82. The van der Waals surface area contributed by atoms with Crippen LogP contribution in [-0.2, 0) is 4.74 Å². The smallest absolute Gasteiger partial charge is 0.113 e. The highest BCUT2D eigenvalue weighted by Gasteiger charge is 2.56. The van der Waals surface area contributed by atoms with Gasteiger partial charge in [-0.05, 0) is 33.1 Å². The Hall–Kier alpha value is -0.120. The van der Waals surface area contributed by atoms with Crippen LogP contribution in [0.4, 0.5) is 0 Å². The van der Waals surface area contributed by atoms with Crippen molar-refractivity contribution < 1.29 is 9.84 Å². The van der Waals surface area contributed by atoms with Crippen molar-refractivity contribution in [1.29, 1.82) is 0 Å². The van der Waals surface area contributed by atoms with Crippen molar-refractivity contribution in [1.82, 2.24) is 0 Å². The fraction of sp³-hybridized carbons (Fsp3) is 1.00. The van der Waals surface area contributed by atoms with Gasteiger partial charge < -0.3 is 15.6 Å². The second-order valence-electron chi connectivity index (χ2n) is 4.62. The molecule has 0 bridgehead atoms. The number of aliphatic hydroxyl groups is 1. The van der Waals surface area contributed by atoms with E-state index < -0.39 is 5.72 Å². The summed E-state index contributed by atoms with van der Waals surface area (Å²) in [7, 11) is 0. The van der Waals surface area contributed by atoms with E-state index in [1.807, 2.05) is 0 Å². The predicted molar refractivity (Wildman–Crippen MR) is 45.4 cm³/mol. The number of epoxide rings is 1. The molecule has 1 saturated heterocycles. The molecule has 1 aliphatic carbocycles. The molecule has 0 amide bonds. The lowest BCUT2D eigenvalue weighted by Gasteiger charge is -2.32. The van der Waals surface area contributed by atoms with E-state index in [1.165, 1.54) is 0 Å². The highest BCUT2D eigenvalue weighted by Crippen LogP contribution is 2.50. The minimum Gasteiger partial charge on any atom is -0.376 e. The summed E-state index contributed by atoms with van der Waals surface area (Å²) in [4.78, 5) is 0. The Morgan fingerprint density at radius 1 is 1.67 bits per heavy atom. The summed E-state index contributed by atoms with van der Waals surface area (Å²) < 4.78 is 5.52. The molecule has 12 heavy (non-hydrogen) atoms. The standard InChI is InChI=1S/C9H17NO2/c1-8-4-3-6(9(2,10)11)5-7(8)12-8/h6-7,11H,3-5,10H2,1-2H3/t6-,7?,8+,9?/m0/s1. The maximum absolute atomic E-state index is 9.58. The van der Waals surface area contributed by atoms with Crippen LogP contribution in [0.1, 0.15) is 33.1 Å². The lowest BCUT2D eigenvalue weighted by atomic mass is 9.78. The van der Waals surface area contributed by atoms with Crippen LogP contribution in [0.25, 0.3) is 0 Å². The van der Waals surface area contributed by atoms with Crippen molar-refractivity contribution in [2.24, 2.45) is 11.7 Å². The number of nitrogens with two attached hydrogens (primary N) is 1. The number of ether oxygens (including phenoxy) is 1. The van der Waals surface area contributed by atoms with Crippen molar-refractivity contribution in [2.45, 2.75) is 50.5 Å². The first-order valence-electron chi connectivity index (χ1n) is 4.61. The van der Waals surface area contributed by atoms with Crippen LogP contribution < -0.4 is 5.73 Å². The fourth-order valence-electron chi connectivity index (χ4n) is 2.18. The third-order valence-corrected chi connectivity index (χ3v) is 3.35. The topological polar surface area (TPSA) is 58.8 Å². The second kappa shape index (κ2) is 2.22. The van der Waals surface area contributed by atoms with Gasteiger partial charge in [0.25, 0.3) is 0 Å². The Bertz CT molecular complexity index is 199.